The van der Waals surface area contributed by atoms with Gasteiger partial charge in [-0.3, -0.25) is 4.79 Å². The van der Waals surface area contributed by atoms with E-state index in [9.17, 15) is 9.59 Å². The maximum Gasteiger partial charge on any atom is 0.338 e. The summed E-state index contributed by atoms with van der Waals surface area (Å²) in [5.41, 5.74) is 0.118. The van der Waals surface area contributed by atoms with E-state index in [1.165, 1.54) is 0 Å². The van der Waals surface area contributed by atoms with Crippen molar-refractivity contribution in [3.05, 3.63) is 35.9 Å². The molecule has 0 aromatic heterocycles. The van der Waals surface area contributed by atoms with Crippen molar-refractivity contribution in [3.63, 3.8) is 0 Å². The van der Waals surface area contributed by atoms with Gasteiger partial charge in [0.05, 0.1) is 5.56 Å². The number of benzene rings is 1. The van der Waals surface area contributed by atoms with Crippen molar-refractivity contribution < 1.29 is 14.3 Å². The summed E-state index contributed by atoms with van der Waals surface area (Å²) in [6.07, 6.45) is 3.99. The Hall–Kier alpha value is -1.84. The Bertz CT molecular complexity index is 491. The minimum Gasteiger partial charge on any atom is -0.449 e. The highest BCUT2D eigenvalue weighted by Gasteiger charge is 2.26. The molecule has 1 amide bonds. The topological polar surface area (TPSA) is 55.4 Å². The third kappa shape index (κ3) is 7.82. The molecule has 0 aliphatic heterocycles. The second-order valence-electron chi connectivity index (χ2n) is 6.85. The summed E-state index contributed by atoms with van der Waals surface area (Å²) in [5.74, 6) is -0.673. The molecule has 1 aromatic rings. The second-order valence-corrected chi connectivity index (χ2v) is 6.85. The number of unbranched alkanes of at least 4 members (excludes halogenated alkanes) is 3. The number of carbonyl (C=O) groups is 2. The Balaban J connectivity index is 2.69. The SMILES string of the molecule is CCCCCCC(OC(=O)c1ccccc1)C(=O)NC(C)(C)C. The summed E-state index contributed by atoms with van der Waals surface area (Å²) in [6.45, 7) is 7.88. The molecule has 1 unspecified atom stereocenters. The van der Waals surface area contributed by atoms with E-state index in [2.05, 4.69) is 12.2 Å². The lowest BCUT2D eigenvalue weighted by molar-refractivity contribution is -0.131. The average Bonchev–Trinajstić information content (AvgIpc) is 2.49. The molecule has 0 heterocycles. The van der Waals surface area contributed by atoms with Crippen molar-refractivity contribution >= 4 is 11.9 Å². The van der Waals surface area contributed by atoms with Crippen molar-refractivity contribution in [2.75, 3.05) is 0 Å². The van der Waals surface area contributed by atoms with E-state index < -0.39 is 12.1 Å². The van der Waals surface area contributed by atoms with Gasteiger partial charge in [0.15, 0.2) is 6.10 Å². The van der Waals surface area contributed by atoms with Crippen LogP contribution in [0.4, 0.5) is 0 Å². The first-order valence-electron chi connectivity index (χ1n) is 8.41. The Labute approximate surface area is 139 Å². The van der Waals surface area contributed by atoms with Crippen LogP contribution in [0.25, 0.3) is 0 Å². The predicted molar refractivity (Wildman–Crippen MR) is 92.3 cm³/mol. The van der Waals surface area contributed by atoms with E-state index in [0.29, 0.717) is 12.0 Å². The Morgan fingerprint density at radius 2 is 1.74 bits per heavy atom. The fourth-order valence-corrected chi connectivity index (χ4v) is 2.22. The molecule has 0 fully saturated rings. The van der Waals surface area contributed by atoms with Crippen LogP contribution in [-0.2, 0) is 9.53 Å². The highest BCUT2D eigenvalue weighted by atomic mass is 16.5. The average molecular weight is 319 g/mol. The van der Waals surface area contributed by atoms with E-state index >= 15 is 0 Å². The number of ether oxygens (including phenoxy) is 1. The lowest BCUT2D eigenvalue weighted by Crippen LogP contribution is -2.47. The summed E-state index contributed by atoms with van der Waals surface area (Å²) >= 11 is 0. The molecule has 23 heavy (non-hydrogen) atoms. The molecule has 0 aliphatic rings. The summed E-state index contributed by atoms with van der Waals surface area (Å²) in [7, 11) is 0. The molecule has 1 atom stereocenters. The Kier molecular flexibility index (Phi) is 7.79. The quantitative estimate of drug-likeness (QED) is 0.580. The third-order valence-electron chi connectivity index (χ3n) is 3.37. The molecule has 1 rings (SSSR count). The molecule has 4 heteroatoms. The van der Waals surface area contributed by atoms with Crippen molar-refractivity contribution in [1.82, 2.24) is 5.32 Å². The van der Waals surface area contributed by atoms with Crippen molar-refractivity contribution in [1.29, 1.82) is 0 Å². The molecular formula is C19H29NO3. The summed E-state index contributed by atoms with van der Waals surface area (Å²) in [4.78, 5) is 24.6. The third-order valence-corrected chi connectivity index (χ3v) is 3.37. The lowest BCUT2D eigenvalue weighted by atomic mass is 10.1. The monoisotopic (exact) mass is 319 g/mol. The van der Waals surface area contributed by atoms with Crippen LogP contribution in [0.3, 0.4) is 0 Å². The first-order valence-corrected chi connectivity index (χ1v) is 8.41. The maximum absolute atomic E-state index is 12.4. The minimum atomic E-state index is -0.737. The Morgan fingerprint density at radius 3 is 2.30 bits per heavy atom. The summed E-state index contributed by atoms with van der Waals surface area (Å²) in [5, 5.41) is 2.90. The number of carbonyl (C=O) groups excluding carboxylic acids is 2. The molecule has 1 N–H and O–H groups in total. The molecule has 4 nitrogen and oxygen atoms in total. The maximum atomic E-state index is 12.4. The first-order chi connectivity index (χ1) is 10.8. The van der Waals surface area contributed by atoms with Crippen molar-refractivity contribution in [3.8, 4) is 0 Å². The van der Waals surface area contributed by atoms with Crippen LogP contribution in [0.5, 0.6) is 0 Å². The van der Waals surface area contributed by atoms with Crippen LogP contribution in [0, 0.1) is 0 Å². The van der Waals surface area contributed by atoms with Gasteiger partial charge in [0, 0.05) is 5.54 Å². The number of nitrogens with one attached hydrogen (secondary N) is 1. The molecule has 0 bridgehead atoms. The highest BCUT2D eigenvalue weighted by molar-refractivity contribution is 5.92. The number of amides is 1. The van der Waals surface area contributed by atoms with Crippen LogP contribution in [0.15, 0.2) is 30.3 Å². The van der Waals surface area contributed by atoms with E-state index in [1.807, 2.05) is 26.8 Å². The molecule has 1 aromatic carbocycles. The first kappa shape index (κ1) is 19.2. The molecule has 128 valence electrons. The summed E-state index contributed by atoms with van der Waals surface area (Å²) in [6, 6.07) is 8.78. The molecule has 0 saturated carbocycles. The van der Waals surface area contributed by atoms with Gasteiger partial charge in [0.1, 0.15) is 0 Å². The normalized spacial score (nSPS) is 12.5. The highest BCUT2D eigenvalue weighted by Crippen LogP contribution is 2.13. The zero-order valence-corrected chi connectivity index (χ0v) is 14.7. The lowest BCUT2D eigenvalue weighted by Gasteiger charge is -2.25. The Morgan fingerprint density at radius 1 is 1.09 bits per heavy atom. The largest absolute Gasteiger partial charge is 0.449 e. The van der Waals surface area contributed by atoms with Crippen molar-refractivity contribution in [2.45, 2.75) is 71.4 Å². The second kappa shape index (κ2) is 9.33. The number of esters is 1. The summed E-state index contributed by atoms with van der Waals surface area (Å²) < 4.78 is 5.47. The van der Waals surface area contributed by atoms with Crippen LogP contribution >= 0.6 is 0 Å². The number of hydrogen-bond donors (Lipinski definition) is 1. The van der Waals surface area contributed by atoms with Gasteiger partial charge in [-0.25, -0.2) is 4.79 Å². The van der Waals surface area contributed by atoms with Gasteiger partial charge in [-0.15, -0.1) is 0 Å². The van der Waals surface area contributed by atoms with Gasteiger partial charge >= 0.3 is 5.97 Å². The van der Waals surface area contributed by atoms with Gasteiger partial charge in [0.25, 0.3) is 5.91 Å². The fraction of sp³-hybridized carbons (Fsp3) is 0.579. The predicted octanol–water partition coefficient (Wildman–Crippen LogP) is 4.10. The number of rotatable bonds is 8. The van der Waals surface area contributed by atoms with Crippen LogP contribution in [-0.4, -0.2) is 23.5 Å². The van der Waals surface area contributed by atoms with Crippen LogP contribution in [0.2, 0.25) is 0 Å². The van der Waals surface area contributed by atoms with Crippen LogP contribution < -0.4 is 5.32 Å². The molecule has 0 spiro atoms. The minimum absolute atomic E-state index is 0.224. The van der Waals surface area contributed by atoms with E-state index in [1.54, 1.807) is 24.3 Å². The molecule has 0 aliphatic carbocycles. The van der Waals surface area contributed by atoms with E-state index in [-0.39, 0.29) is 11.4 Å². The number of hydrogen-bond acceptors (Lipinski definition) is 3. The fourth-order valence-electron chi connectivity index (χ4n) is 2.22. The van der Waals surface area contributed by atoms with Gasteiger partial charge in [0.2, 0.25) is 0 Å². The van der Waals surface area contributed by atoms with Crippen LogP contribution in [0.1, 0.15) is 70.2 Å². The van der Waals surface area contributed by atoms with Gasteiger partial charge in [-0.05, 0) is 45.7 Å². The van der Waals surface area contributed by atoms with Crippen molar-refractivity contribution in [2.24, 2.45) is 0 Å². The molecular weight excluding hydrogens is 290 g/mol. The van der Waals surface area contributed by atoms with E-state index in [0.717, 1.165) is 25.7 Å². The smallest absolute Gasteiger partial charge is 0.338 e. The van der Waals surface area contributed by atoms with Gasteiger partial charge < -0.3 is 10.1 Å². The van der Waals surface area contributed by atoms with Gasteiger partial charge in [-0.2, -0.15) is 0 Å². The van der Waals surface area contributed by atoms with E-state index in [4.69, 9.17) is 4.74 Å². The molecule has 0 saturated heterocycles. The zero-order chi connectivity index (χ0) is 17.3. The standard InChI is InChI=1S/C19H29NO3/c1-5-6-7-11-14-16(17(21)20-19(2,3)4)23-18(22)15-12-9-8-10-13-15/h8-10,12-13,16H,5-7,11,14H2,1-4H3,(H,20,21). The van der Waals surface area contributed by atoms with Gasteiger partial charge in [-0.1, -0.05) is 44.4 Å². The zero-order valence-electron chi connectivity index (χ0n) is 14.7. The molecule has 0 radical (unpaired) electrons.